The quantitative estimate of drug-likeness (QED) is 0.160. The van der Waals surface area contributed by atoms with Gasteiger partial charge in [0.15, 0.2) is 11.5 Å². The highest BCUT2D eigenvalue weighted by Crippen LogP contribution is 2.42. The van der Waals surface area contributed by atoms with E-state index >= 15 is 0 Å². The minimum atomic E-state index is -0.417. The van der Waals surface area contributed by atoms with Gasteiger partial charge in [-0.3, -0.25) is 4.90 Å². The Morgan fingerprint density at radius 1 is 0.976 bits per heavy atom. The fourth-order valence-corrected chi connectivity index (χ4v) is 4.73. The van der Waals surface area contributed by atoms with E-state index in [-0.39, 0.29) is 0 Å². The lowest BCUT2D eigenvalue weighted by atomic mass is 9.99. The van der Waals surface area contributed by atoms with Gasteiger partial charge in [0.25, 0.3) is 0 Å². The van der Waals surface area contributed by atoms with E-state index in [1.807, 2.05) is 31.2 Å². The van der Waals surface area contributed by atoms with Crippen LogP contribution in [0.25, 0.3) is 11.1 Å². The summed E-state index contributed by atoms with van der Waals surface area (Å²) in [7, 11) is 4.62. The standard InChI is InChI=1S/C31H38N4O7/c1-20-16-24(42-15-12-35-10-13-41-14-11-35)7-9-27(20)33-31(36)32-23-18-26(30(40-5)29(19-23)39-4)22-6-8-25(21(2)34-37)28(17-22)38-3/h6-9,16-19,37H,10-15H2,1-5H3,(H2,32,33,36)/b34-21+. The third kappa shape index (κ3) is 7.42. The van der Waals surface area contributed by atoms with E-state index in [0.29, 0.717) is 52.1 Å². The molecule has 3 aromatic carbocycles. The van der Waals surface area contributed by atoms with Crippen molar-refractivity contribution >= 4 is 23.1 Å². The summed E-state index contributed by atoms with van der Waals surface area (Å²) in [5.74, 6) is 2.20. The number of benzene rings is 3. The molecule has 3 aromatic rings. The van der Waals surface area contributed by atoms with Crippen molar-refractivity contribution in [1.82, 2.24) is 4.90 Å². The van der Waals surface area contributed by atoms with Crippen LogP contribution in [0.15, 0.2) is 53.7 Å². The zero-order valence-corrected chi connectivity index (χ0v) is 24.7. The van der Waals surface area contributed by atoms with E-state index in [1.165, 1.54) is 7.11 Å². The average molecular weight is 579 g/mol. The topological polar surface area (TPSA) is 123 Å². The Bertz CT molecular complexity index is 1420. The number of amides is 2. The molecule has 11 nitrogen and oxygen atoms in total. The predicted octanol–water partition coefficient (Wildman–Crippen LogP) is 5.24. The van der Waals surface area contributed by atoms with Gasteiger partial charge in [0.05, 0.1) is 40.3 Å². The number of morpholine rings is 1. The number of methoxy groups -OCH3 is 3. The van der Waals surface area contributed by atoms with Crippen LogP contribution in [0.3, 0.4) is 0 Å². The minimum Gasteiger partial charge on any atom is -0.496 e. The number of urea groups is 1. The third-order valence-electron chi connectivity index (χ3n) is 7.02. The van der Waals surface area contributed by atoms with Gasteiger partial charge in [0, 0.05) is 48.2 Å². The zero-order chi connectivity index (χ0) is 30.1. The summed E-state index contributed by atoms with van der Waals surface area (Å²) in [6.45, 7) is 8.37. The van der Waals surface area contributed by atoms with Crippen LogP contribution in [0.1, 0.15) is 18.1 Å². The predicted molar refractivity (Wildman–Crippen MR) is 162 cm³/mol. The van der Waals surface area contributed by atoms with E-state index in [1.54, 1.807) is 45.4 Å². The molecular weight excluding hydrogens is 540 g/mol. The van der Waals surface area contributed by atoms with Gasteiger partial charge in [-0.05, 0) is 61.4 Å². The first-order valence-corrected chi connectivity index (χ1v) is 13.6. The van der Waals surface area contributed by atoms with Crippen LogP contribution in [-0.4, -0.2) is 82.6 Å². The highest BCUT2D eigenvalue weighted by Gasteiger charge is 2.18. The Morgan fingerprint density at radius 2 is 1.74 bits per heavy atom. The fourth-order valence-electron chi connectivity index (χ4n) is 4.73. The highest BCUT2D eigenvalue weighted by atomic mass is 16.5. The van der Waals surface area contributed by atoms with E-state index in [2.05, 4.69) is 20.7 Å². The molecule has 0 radical (unpaired) electrons. The molecule has 1 fully saturated rings. The summed E-state index contributed by atoms with van der Waals surface area (Å²) < 4.78 is 28.1. The Labute approximate surface area is 246 Å². The Hall–Kier alpha value is -4.48. The van der Waals surface area contributed by atoms with Crippen LogP contribution >= 0.6 is 0 Å². The van der Waals surface area contributed by atoms with E-state index < -0.39 is 6.03 Å². The second kappa shape index (κ2) is 14.4. The molecule has 1 aliphatic rings. The normalized spacial score (nSPS) is 13.8. The largest absolute Gasteiger partial charge is 0.496 e. The number of aryl methyl sites for hydroxylation is 1. The van der Waals surface area contributed by atoms with Crippen molar-refractivity contribution in [3.63, 3.8) is 0 Å². The number of carbonyl (C=O) groups is 1. The number of nitrogens with one attached hydrogen (secondary N) is 2. The molecule has 1 aliphatic heterocycles. The molecule has 3 N–H and O–H groups in total. The number of oxime groups is 1. The smallest absolute Gasteiger partial charge is 0.323 e. The van der Waals surface area contributed by atoms with Gasteiger partial charge in [-0.1, -0.05) is 11.2 Å². The molecule has 0 atom stereocenters. The number of anilines is 2. The summed E-state index contributed by atoms with van der Waals surface area (Å²) in [6, 6.07) is 14.1. The molecule has 42 heavy (non-hydrogen) atoms. The molecule has 1 heterocycles. The monoisotopic (exact) mass is 578 g/mol. The molecular formula is C31H38N4O7. The van der Waals surface area contributed by atoms with Crippen molar-refractivity contribution in [2.75, 3.05) is 71.4 Å². The molecule has 4 rings (SSSR count). The molecule has 0 saturated carbocycles. The van der Waals surface area contributed by atoms with Gasteiger partial charge in [-0.15, -0.1) is 0 Å². The second-order valence-corrected chi connectivity index (χ2v) is 9.72. The summed E-state index contributed by atoms with van der Waals surface area (Å²) in [5.41, 5.74) is 4.51. The van der Waals surface area contributed by atoms with E-state index in [9.17, 15) is 10.0 Å². The first-order chi connectivity index (χ1) is 20.4. The maximum atomic E-state index is 13.0. The maximum absolute atomic E-state index is 13.0. The van der Waals surface area contributed by atoms with Crippen LogP contribution in [0.2, 0.25) is 0 Å². The van der Waals surface area contributed by atoms with E-state index in [0.717, 1.165) is 49.7 Å². The Morgan fingerprint density at radius 3 is 2.40 bits per heavy atom. The first kappa shape index (κ1) is 30.5. The maximum Gasteiger partial charge on any atom is 0.323 e. The lowest BCUT2D eigenvalue weighted by molar-refractivity contribution is 0.0322. The fraction of sp³-hybridized carbons (Fsp3) is 0.355. The Balaban J connectivity index is 1.48. The van der Waals surface area contributed by atoms with Gasteiger partial charge in [0.1, 0.15) is 18.1 Å². The number of hydrogen-bond acceptors (Lipinski definition) is 9. The van der Waals surface area contributed by atoms with Crippen molar-refractivity contribution in [2.24, 2.45) is 5.16 Å². The molecule has 0 aromatic heterocycles. The van der Waals surface area contributed by atoms with Gasteiger partial charge in [-0.2, -0.15) is 0 Å². The summed E-state index contributed by atoms with van der Waals surface area (Å²) in [6.07, 6.45) is 0. The summed E-state index contributed by atoms with van der Waals surface area (Å²) in [4.78, 5) is 15.3. The number of rotatable bonds is 11. The average Bonchev–Trinajstić information content (AvgIpc) is 3.01. The molecule has 1 saturated heterocycles. The molecule has 11 heteroatoms. The highest BCUT2D eigenvalue weighted by molar-refractivity contribution is 6.02. The Kier molecular flexibility index (Phi) is 10.5. The van der Waals surface area contributed by atoms with Crippen LogP contribution in [0.5, 0.6) is 23.0 Å². The first-order valence-electron chi connectivity index (χ1n) is 13.6. The molecule has 0 aliphatic carbocycles. The molecule has 0 bridgehead atoms. The number of nitrogens with zero attached hydrogens (tertiary/aromatic N) is 2. The number of carbonyl (C=O) groups excluding carboxylic acids is 1. The van der Waals surface area contributed by atoms with Crippen molar-refractivity contribution in [2.45, 2.75) is 13.8 Å². The van der Waals surface area contributed by atoms with Crippen molar-refractivity contribution in [3.05, 3.63) is 59.7 Å². The lowest BCUT2D eigenvalue weighted by Crippen LogP contribution is -2.38. The van der Waals surface area contributed by atoms with Gasteiger partial charge < -0.3 is 39.5 Å². The van der Waals surface area contributed by atoms with Crippen molar-refractivity contribution < 1.29 is 33.7 Å². The SMILES string of the molecule is COc1cc(-c2cc(NC(=O)Nc3ccc(OCCN4CCOCC4)cc3C)cc(OC)c2OC)ccc1/C(C)=N/O. The number of hydrogen-bond donors (Lipinski definition) is 3. The van der Waals surface area contributed by atoms with Gasteiger partial charge >= 0.3 is 6.03 Å². The van der Waals surface area contributed by atoms with Gasteiger partial charge in [0.2, 0.25) is 0 Å². The molecule has 2 amide bonds. The van der Waals surface area contributed by atoms with Crippen LogP contribution < -0.4 is 29.6 Å². The zero-order valence-electron chi connectivity index (χ0n) is 24.7. The van der Waals surface area contributed by atoms with Crippen LogP contribution in [0, 0.1) is 6.92 Å². The second-order valence-electron chi connectivity index (χ2n) is 9.72. The van der Waals surface area contributed by atoms with Gasteiger partial charge in [-0.25, -0.2) is 4.79 Å². The van der Waals surface area contributed by atoms with Crippen LogP contribution in [0.4, 0.5) is 16.2 Å². The van der Waals surface area contributed by atoms with E-state index in [4.69, 9.17) is 23.7 Å². The molecule has 0 spiro atoms. The molecule has 224 valence electrons. The number of ether oxygens (including phenoxy) is 5. The van der Waals surface area contributed by atoms with Crippen molar-refractivity contribution in [1.29, 1.82) is 0 Å². The third-order valence-corrected chi connectivity index (χ3v) is 7.02. The molecule has 0 unspecified atom stereocenters. The lowest BCUT2D eigenvalue weighted by Gasteiger charge is -2.26. The minimum absolute atomic E-state index is 0.415. The summed E-state index contributed by atoms with van der Waals surface area (Å²) in [5, 5.41) is 18.3. The van der Waals surface area contributed by atoms with Crippen molar-refractivity contribution in [3.8, 4) is 34.1 Å². The van der Waals surface area contributed by atoms with Crippen LogP contribution in [-0.2, 0) is 4.74 Å². The summed E-state index contributed by atoms with van der Waals surface area (Å²) >= 11 is 0.